The molecule has 2 bridgehead atoms. The van der Waals surface area contributed by atoms with Crippen molar-refractivity contribution in [3.8, 4) is 0 Å². The molecule has 5 unspecified atom stereocenters. The van der Waals surface area contributed by atoms with Gasteiger partial charge in [-0.05, 0) is 18.8 Å². The zero-order valence-corrected chi connectivity index (χ0v) is 9.44. The smallest absolute Gasteiger partial charge is 0.330 e. The van der Waals surface area contributed by atoms with Crippen LogP contribution in [0.1, 0.15) is 12.8 Å². The van der Waals surface area contributed by atoms with E-state index in [1.807, 2.05) is 0 Å². The summed E-state index contributed by atoms with van der Waals surface area (Å²) in [7, 11) is -2.80. The van der Waals surface area contributed by atoms with Crippen molar-refractivity contribution in [2.45, 2.75) is 29.8 Å². The lowest BCUT2D eigenvalue weighted by molar-refractivity contribution is -0.146. The molecule has 0 aromatic carbocycles. The van der Waals surface area contributed by atoms with E-state index in [1.54, 1.807) is 0 Å². The van der Waals surface area contributed by atoms with Gasteiger partial charge in [-0.15, -0.1) is 0 Å². The third kappa shape index (κ3) is 0.869. The Morgan fingerprint density at radius 3 is 2.81 bits per heavy atom. The first-order valence-electron chi connectivity index (χ1n) is 5.13. The molecule has 3 fully saturated rings. The van der Waals surface area contributed by atoms with E-state index >= 15 is 0 Å². The standard InChI is InChI=1S/C9H12O6S/c1-14-8(11)9-3-4-2-5(9)7(6(4)10)15-16(9,12)13/h4-7,10H,2-3H2,1H3. The third-order valence-electron chi connectivity index (χ3n) is 4.15. The van der Waals surface area contributed by atoms with Crippen molar-refractivity contribution < 1.29 is 27.2 Å². The molecule has 2 saturated carbocycles. The molecule has 0 amide bonds. The lowest BCUT2D eigenvalue weighted by atomic mass is 9.84. The highest BCUT2D eigenvalue weighted by atomic mass is 32.2. The van der Waals surface area contributed by atoms with Crippen molar-refractivity contribution in [1.29, 1.82) is 0 Å². The molecule has 16 heavy (non-hydrogen) atoms. The second kappa shape index (κ2) is 2.77. The fourth-order valence-corrected chi connectivity index (χ4v) is 5.48. The Balaban J connectivity index is 2.16. The number of esters is 1. The number of carbonyl (C=O) groups excluding carboxylic acids is 1. The number of hydrogen-bond acceptors (Lipinski definition) is 6. The first-order chi connectivity index (χ1) is 7.44. The van der Waals surface area contributed by atoms with Crippen LogP contribution < -0.4 is 0 Å². The molecular formula is C9H12O6S. The summed E-state index contributed by atoms with van der Waals surface area (Å²) in [5, 5.41) is 9.77. The number of aliphatic hydroxyl groups excluding tert-OH is 1. The van der Waals surface area contributed by atoms with Gasteiger partial charge in [0.2, 0.25) is 0 Å². The summed E-state index contributed by atoms with van der Waals surface area (Å²) in [6.45, 7) is 0. The van der Waals surface area contributed by atoms with Crippen LogP contribution in [0.25, 0.3) is 0 Å². The van der Waals surface area contributed by atoms with Crippen molar-refractivity contribution in [3.63, 3.8) is 0 Å². The number of methoxy groups -OCH3 is 1. The first kappa shape index (κ1) is 10.5. The van der Waals surface area contributed by atoms with Crippen LogP contribution in [0.4, 0.5) is 0 Å². The highest BCUT2D eigenvalue weighted by Gasteiger charge is 2.76. The van der Waals surface area contributed by atoms with Crippen LogP contribution in [0.15, 0.2) is 0 Å². The topological polar surface area (TPSA) is 89.9 Å². The van der Waals surface area contributed by atoms with Crippen LogP contribution in [0.2, 0.25) is 0 Å². The molecular weight excluding hydrogens is 236 g/mol. The maximum atomic E-state index is 11.9. The van der Waals surface area contributed by atoms with Gasteiger partial charge in [0.1, 0.15) is 6.10 Å². The summed E-state index contributed by atoms with van der Waals surface area (Å²) in [6.07, 6.45) is -0.910. The number of hydrogen-bond donors (Lipinski definition) is 1. The van der Waals surface area contributed by atoms with Crippen LogP contribution in [0.3, 0.4) is 0 Å². The monoisotopic (exact) mass is 248 g/mol. The number of fused-ring (bicyclic) bond motifs is 1. The molecule has 6 nitrogen and oxygen atoms in total. The molecule has 3 aliphatic rings. The summed E-state index contributed by atoms with van der Waals surface area (Å²) < 4.78 is 31.8. The zero-order valence-electron chi connectivity index (χ0n) is 8.62. The van der Waals surface area contributed by atoms with Gasteiger partial charge in [0.15, 0.2) is 4.75 Å². The van der Waals surface area contributed by atoms with E-state index in [-0.39, 0.29) is 12.3 Å². The minimum absolute atomic E-state index is 0.115. The van der Waals surface area contributed by atoms with Gasteiger partial charge in [0.05, 0.1) is 13.2 Å². The van der Waals surface area contributed by atoms with Crippen LogP contribution in [0.5, 0.6) is 0 Å². The van der Waals surface area contributed by atoms with Crippen molar-refractivity contribution in [2.24, 2.45) is 11.8 Å². The van der Waals surface area contributed by atoms with E-state index in [0.29, 0.717) is 6.42 Å². The summed E-state index contributed by atoms with van der Waals surface area (Å²) in [4.78, 5) is 11.7. The summed E-state index contributed by atoms with van der Waals surface area (Å²) in [6, 6.07) is 0. The van der Waals surface area contributed by atoms with Gasteiger partial charge >= 0.3 is 5.97 Å². The van der Waals surface area contributed by atoms with Gasteiger partial charge in [-0.25, -0.2) is 0 Å². The lowest BCUT2D eigenvalue weighted by Gasteiger charge is -2.27. The minimum atomic E-state index is -3.97. The van der Waals surface area contributed by atoms with E-state index in [9.17, 15) is 18.3 Å². The second-order valence-electron chi connectivity index (χ2n) is 4.69. The Morgan fingerprint density at radius 2 is 2.25 bits per heavy atom. The van der Waals surface area contributed by atoms with E-state index in [0.717, 1.165) is 0 Å². The molecule has 1 saturated heterocycles. The largest absolute Gasteiger partial charge is 0.468 e. The molecule has 0 aromatic rings. The van der Waals surface area contributed by atoms with Gasteiger partial charge in [0.25, 0.3) is 10.1 Å². The van der Waals surface area contributed by atoms with E-state index in [2.05, 4.69) is 4.74 Å². The molecule has 3 rings (SSSR count). The maximum Gasteiger partial charge on any atom is 0.330 e. The highest BCUT2D eigenvalue weighted by Crippen LogP contribution is 2.61. The van der Waals surface area contributed by atoms with Crippen molar-refractivity contribution in [1.82, 2.24) is 0 Å². The van der Waals surface area contributed by atoms with Gasteiger partial charge in [0, 0.05) is 5.92 Å². The van der Waals surface area contributed by atoms with Crippen LogP contribution in [0, 0.1) is 11.8 Å². The van der Waals surface area contributed by atoms with Crippen molar-refractivity contribution >= 4 is 16.1 Å². The molecule has 0 spiro atoms. The predicted molar refractivity (Wildman–Crippen MR) is 50.8 cm³/mol. The maximum absolute atomic E-state index is 11.9. The third-order valence-corrected chi connectivity index (χ3v) is 6.16. The predicted octanol–water partition coefficient (Wildman–Crippen LogP) is -0.973. The normalized spacial score (nSPS) is 51.9. The van der Waals surface area contributed by atoms with Gasteiger partial charge in [-0.3, -0.25) is 8.98 Å². The first-order valence-corrected chi connectivity index (χ1v) is 6.54. The Bertz CT molecular complexity index is 457. The molecule has 2 aliphatic carbocycles. The number of rotatable bonds is 1. The van der Waals surface area contributed by atoms with Crippen molar-refractivity contribution in [3.05, 3.63) is 0 Å². The lowest BCUT2D eigenvalue weighted by Crippen LogP contribution is -2.50. The fraction of sp³-hybridized carbons (Fsp3) is 0.889. The minimum Gasteiger partial charge on any atom is -0.468 e. The van der Waals surface area contributed by atoms with Crippen LogP contribution >= 0.6 is 0 Å². The Hall–Kier alpha value is -0.660. The van der Waals surface area contributed by atoms with Crippen LogP contribution in [-0.4, -0.2) is 43.6 Å². The average Bonchev–Trinajstić information content (AvgIpc) is 2.79. The van der Waals surface area contributed by atoms with E-state index in [4.69, 9.17) is 4.18 Å². The molecule has 1 aliphatic heterocycles. The molecule has 90 valence electrons. The number of carbonyl (C=O) groups is 1. The summed E-state index contributed by atoms with van der Waals surface area (Å²) >= 11 is 0. The second-order valence-corrected chi connectivity index (χ2v) is 6.52. The molecule has 0 radical (unpaired) electrons. The molecule has 7 heteroatoms. The van der Waals surface area contributed by atoms with Gasteiger partial charge in [-0.2, -0.15) is 8.42 Å². The van der Waals surface area contributed by atoms with Crippen LogP contribution in [-0.2, 0) is 23.8 Å². The highest BCUT2D eigenvalue weighted by molar-refractivity contribution is 7.89. The molecule has 1 N–H and O–H groups in total. The zero-order chi connectivity index (χ0) is 11.7. The molecule has 5 atom stereocenters. The Kier molecular flexibility index (Phi) is 1.82. The quantitative estimate of drug-likeness (QED) is 0.474. The SMILES string of the molecule is COC(=O)C12CC3CC1C(OS2(=O)=O)C3O. The molecule has 1 heterocycles. The fourth-order valence-electron chi connectivity index (χ4n) is 3.46. The summed E-state index contributed by atoms with van der Waals surface area (Å²) in [5.41, 5.74) is 0. The van der Waals surface area contributed by atoms with E-state index < -0.39 is 39.0 Å². The molecule has 0 aromatic heterocycles. The average molecular weight is 248 g/mol. The number of aliphatic hydroxyl groups is 1. The summed E-state index contributed by atoms with van der Waals surface area (Å²) in [5.74, 6) is -1.38. The number of ether oxygens (including phenoxy) is 1. The van der Waals surface area contributed by atoms with Gasteiger partial charge < -0.3 is 9.84 Å². The van der Waals surface area contributed by atoms with Gasteiger partial charge in [-0.1, -0.05) is 0 Å². The van der Waals surface area contributed by atoms with Crippen molar-refractivity contribution in [2.75, 3.05) is 7.11 Å². The van der Waals surface area contributed by atoms with E-state index in [1.165, 1.54) is 7.11 Å². The Labute approximate surface area is 92.7 Å². The Morgan fingerprint density at radius 1 is 1.56 bits per heavy atom.